The third-order valence-corrected chi connectivity index (χ3v) is 9.48. The van der Waals surface area contributed by atoms with Crippen LogP contribution in [0.4, 0.5) is 0 Å². The van der Waals surface area contributed by atoms with E-state index >= 15 is 0 Å². The summed E-state index contributed by atoms with van der Waals surface area (Å²) < 4.78 is 0. The van der Waals surface area contributed by atoms with Crippen molar-refractivity contribution in [2.75, 3.05) is 0 Å². The minimum absolute atomic E-state index is 0.449. The average molecular weight is 395 g/mol. The molecule has 0 saturated heterocycles. The molecular weight excluding hydrogens is 336 g/mol. The molecular formula is C28H58. The van der Waals surface area contributed by atoms with E-state index in [-0.39, 0.29) is 0 Å². The summed E-state index contributed by atoms with van der Waals surface area (Å²) in [7, 11) is 0. The third-order valence-electron chi connectivity index (χ3n) is 9.48. The maximum Gasteiger partial charge on any atom is -0.0269 e. The van der Waals surface area contributed by atoms with Gasteiger partial charge in [-0.1, -0.05) is 122 Å². The van der Waals surface area contributed by atoms with Crippen LogP contribution >= 0.6 is 0 Å². The van der Waals surface area contributed by atoms with Crippen molar-refractivity contribution in [1.82, 2.24) is 0 Å². The molecule has 0 radical (unpaired) electrons. The molecule has 0 fully saturated rings. The van der Waals surface area contributed by atoms with Crippen molar-refractivity contribution in [2.45, 2.75) is 134 Å². The van der Waals surface area contributed by atoms with Gasteiger partial charge in [0.05, 0.1) is 0 Å². The number of hydrogen-bond acceptors (Lipinski definition) is 0. The molecule has 0 heteroatoms. The fourth-order valence-corrected chi connectivity index (χ4v) is 6.78. The molecule has 0 aromatic carbocycles. The Kier molecular flexibility index (Phi) is 12.6. The van der Waals surface area contributed by atoms with Gasteiger partial charge in [-0.2, -0.15) is 0 Å². The van der Waals surface area contributed by atoms with Gasteiger partial charge in [-0.25, -0.2) is 0 Å². The molecule has 0 nitrogen and oxygen atoms in total. The summed E-state index contributed by atoms with van der Waals surface area (Å²) in [4.78, 5) is 0. The highest BCUT2D eigenvalue weighted by atomic mass is 14.5. The maximum absolute atomic E-state index is 2.65. The normalized spacial score (nSPS) is 21.4. The van der Waals surface area contributed by atoms with Crippen LogP contribution in [0.5, 0.6) is 0 Å². The average Bonchev–Trinajstić information content (AvgIpc) is 2.67. The standard InChI is InChI=1S/C28H58/c1-13-19-26(21(7)15-3)28(12,18-6)23(9)25(17-5)24(16-4)22(8)27(10,11)20-14-2/h21-26H,13-20H2,1-12H3. The van der Waals surface area contributed by atoms with Crippen molar-refractivity contribution in [3.8, 4) is 0 Å². The van der Waals surface area contributed by atoms with E-state index in [9.17, 15) is 0 Å². The lowest BCUT2D eigenvalue weighted by atomic mass is 9.54. The highest BCUT2D eigenvalue weighted by molar-refractivity contribution is 4.94. The molecule has 0 heterocycles. The summed E-state index contributed by atoms with van der Waals surface area (Å²) in [6, 6.07) is 0. The fraction of sp³-hybridized carbons (Fsp3) is 1.00. The Morgan fingerprint density at radius 1 is 0.643 bits per heavy atom. The van der Waals surface area contributed by atoms with Crippen LogP contribution in [0, 0.1) is 46.3 Å². The summed E-state index contributed by atoms with van der Waals surface area (Å²) in [6.07, 6.45) is 10.7. The lowest BCUT2D eigenvalue weighted by Crippen LogP contribution is -2.44. The number of hydrogen-bond donors (Lipinski definition) is 0. The topological polar surface area (TPSA) is 0 Å². The minimum Gasteiger partial charge on any atom is -0.0654 e. The van der Waals surface area contributed by atoms with Crippen LogP contribution in [0.3, 0.4) is 0 Å². The van der Waals surface area contributed by atoms with Gasteiger partial charge in [-0.15, -0.1) is 0 Å². The van der Waals surface area contributed by atoms with Gasteiger partial charge in [0.1, 0.15) is 0 Å². The lowest BCUT2D eigenvalue weighted by Gasteiger charge is -2.51. The predicted octanol–water partition coefficient (Wildman–Crippen LogP) is 10.0. The van der Waals surface area contributed by atoms with Gasteiger partial charge < -0.3 is 0 Å². The molecule has 0 rings (SSSR count). The Balaban J connectivity index is 5.94. The largest absolute Gasteiger partial charge is 0.0654 e. The second-order valence-electron chi connectivity index (χ2n) is 11.1. The SMILES string of the molecule is CCCC(C(C)CC)C(C)(CC)C(C)C(CC)C(CC)C(C)C(C)(C)CCC. The molecule has 0 aliphatic rings. The highest BCUT2D eigenvalue weighted by Gasteiger charge is 2.45. The molecule has 0 bridgehead atoms. The second-order valence-corrected chi connectivity index (χ2v) is 11.1. The van der Waals surface area contributed by atoms with Gasteiger partial charge in [0.2, 0.25) is 0 Å². The zero-order chi connectivity index (χ0) is 22.1. The molecule has 0 aromatic heterocycles. The molecule has 28 heavy (non-hydrogen) atoms. The van der Waals surface area contributed by atoms with E-state index in [1.807, 2.05) is 0 Å². The van der Waals surface area contributed by atoms with Crippen molar-refractivity contribution in [2.24, 2.45) is 46.3 Å². The zero-order valence-electron chi connectivity index (χ0n) is 22.1. The number of rotatable bonds is 15. The molecule has 0 saturated carbocycles. The molecule has 7 atom stereocenters. The van der Waals surface area contributed by atoms with E-state index in [1.165, 1.54) is 51.4 Å². The van der Waals surface area contributed by atoms with Gasteiger partial charge >= 0.3 is 0 Å². The van der Waals surface area contributed by atoms with Crippen LogP contribution in [-0.2, 0) is 0 Å². The molecule has 170 valence electrons. The van der Waals surface area contributed by atoms with Gasteiger partial charge in [0, 0.05) is 0 Å². The van der Waals surface area contributed by atoms with Crippen LogP contribution in [0.2, 0.25) is 0 Å². The Hall–Kier alpha value is 0. The van der Waals surface area contributed by atoms with Crippen LogP contribution < -0.4 is 0 Å². The third kappa shape index (κ3) is 6.50. The maximum atomic E-state index is 2.65. The molecule has 0 N–H and O–H groups in total. The summed E-state index contributed by atoms with van der Waals surface area (Å²) >= 11 is 0. The van der Waals surface area contributed by atoms with Crippen LogP contribution in [-0.4, -0.2) is 0 Å². The van der Waals surface area contributed by atoms with Gasteiger partial charge in [0.15, 0.2) is 0 Å². The fourth-order valence-electron chi connectivity index (χ4n) is 6.78. The van der Waals surface area contributed by atoms with Crippen molar-refractivity contribution in [3.05, 3.63) is 0 Å². The molecule has 0 aromatic rings. The summed E-state index contributed by atoms with van der Waals surface area (Å²) in [5.74, 6) is 4.94. The van der Waals surface area contributed by atoms with Crippen molar-refractivity contribution < 1.29 is 0 Å². The smallest absolute Gasteiger partial charge is 0.0269 e. The first-order chi connectivity index (χ1) is 13.0. The Morgan fingerprint density at radius 3 is 1.50 bits per heavy atom. The first-order valence-corrected chi connectivity index (χ1v) is 13.0. The van der Waals surface area contributed by atoms with E-state index in [4.69, 9.17) is 0 Å². The van der Waals surface area contributed by atoms with Crippen molar-refractivity contribution >= 4 is 0 Å². The first kappa shape index (κ1) is 28.0. The molecule has 0 aliphatic carbocycles. The van der Waals surface area contributed by atoms with E-state index in [2.05, 4.69) is 83.1 Å². The Bertz CT molecular complexity index is 395. The summed E-state index contributed by atoms with van der Waals surface area (Å²) in [5, 5.41) is 0. The minimum atomic E-state index is 0.449. The van der Waals surface area contributed by atoms with E-state index < -0.39 is 0 Å². The highest BCUT2D eigenvalue weighted by Crippen LogP contribution is 2.53. The van der Waals surface area contributed by atoms with Gasteiger partial charge in [-0.05, 0) is 59.2 Å². The lowest BCUT2D eigenvalue weighted by molar-refractivity contribution is -0.0232. The monoisotopic (exact) mass is 394 g/mol. The molecule has 0 amide bonds. The van der Waals surface area contributed by atoms with E-state index in [1.54, 1.807) is 0 Å². The van der Waals surface area contributed by atoms with Crippen LogP contribution in [0.15, 0.2) is 0 Å². The second kappa shape index (κ2) is 12.6. The Labute approximate surface area is 181 Å². The van der Waals surface area contributed by atoms with Gasteiger partial charge in [0.25, 0.3) is 0 Å². The summed E-state index contributed by atoms with van der Waals surface area (Å²) in [5.41, 5.74) is 0.902. The van der Waals surface area contributed by atoms with E-state index in [0.29, 0.717) is 10.8 Å². The van der Waals surface area contributed by atoms with Crippen molar-refractivity contribution in [3.63, 3.8) is 0 Å². The molecule has 7 unspecified atom stereocenters. The Morgan fingerprint density at radius 2 is 1.14 bits per heavy atom. The predicted molar refractivity (Wildman–Crippen MR) is 131 cm³/mol. The molecule has 0 spiro atoms. The summed E-state index contributed by atoms with van der Waals surface area (Å²) in [6.45, 7) is 30.0. The zero-order valence-corrected chi connectivity index (χ0v) is 22.1. The molecule has 0 aliphatic heterocycles. The van der Waals surface area contributed by atoms with E-state index in [0.717, 1.165) is 35.5 Å². The quantitative estimate of drug-likeness (QED) is 0.259. The first-order valence-electron chi connectivity index (χ1n) is 13.0. The van der Waals surface area contributed by atoms with Crippen LogP contribution in [0.25, 0.3) is 0 Å². The van der Waals surface area contributed by atoms with Gasteiger partial charge in [-0.3, -0.25) is 0 Å². The van der Waals surface area contributed by atoms with Crippen LogP contribution in [0.1, 0.15) is 134 Å². The van der Waals surface area contributed by atoms with Crippen molar-refractivity contribution in [1.29, 1.82) is 0 Å².